The summed E-state index contributed by atoms with van der Waals surface area (Å²) >= 11 is 0. The van der Waals surface area contributed by atoms with Crippen LogP contribution in [0.2, 0.25) is 0 Å². The lowest BCUT2D eigenvalue weighted by Gasteiger charge is -2.06. The smallest absolute Gasteiger partial charge is 0.219 e. The zero-order chi connectivity index (χ0) is 16.3. The van der Waals surface area contributed by atoms with Gasteiger partial charge in [-0.25, -0.2) is 8.42 Å². The first-order valence-corrected chi connectivity index (χ1v) is 9.61. The Morgan fingerprint density at radius 1 is 1.09 bits per heavy atom. The number of aromatic nitrogens is 1. The van der Waals surface area contributed by atoms with Gasteiger partial charge < -0.3 is 5.32 Å². The van der Waals surface area contributed by atoms with Gasteiger partial charge in [0.25, 0.3) is 0 Å². The van der Waals surface area contributed by atoms with E-state index in [4.69, 9.17) is 0 Å². The van der Waals surface area contributed by atoms with Gasteiger partial charge in [0.15, 0.2) is 9.84 Å². The SMILES string of the molecule is CCCCCCCC(=O)NCCCS(=O)(=O)c1ccncc1. The molecule has 0 aliphatic rings. The molecule has 0 saturated heterocycles. The average molecular weight is 326 g/mol. The molecule has 0 atom stereocenters. The Balaban J connectivity index is 2.16. The minimum absolute atomic E-state index is 0.0119. The Hall–Kier alpha value is -1.43. The molecule has 22 heavy (non-hydrogen) atoms. The van der Waals surface area contributed by atoms with E-state index in [1.807, 2.05) is 0 Å². The van der Waals surface area contributed by atoms with Crippen LogP contribution in [0.4, 0.5) is 0 Å². The van der Waals surface area contributed by atoms with Crippen LogP contribution in [0, 0.1) is 0 Å². The van der Waals surface area contributed by atoms with E-state index in [-0.39, 0.29) is 16.6 Å². The fraction of sp³-hybridized carbons (Fsp3) is 0.625. The van der Waals surface area contributed by atoms with Gasteiger partial charge in [-0.3, -0.25) is 9.78 Å². The van der Waals surface area contributed by atoms with Gasteiger partial charge in [0, 0.05) is 25.4 Å². The lowest BCUT2D eigenvalue weighted by molar-refractivity contribution is -0.121. The Bertz CT molecular complexity index is 530. The number of rotatable bonds is 11. The van der Waals surface area contributed by atoms with Crippen molar-refractivity contribution in [3.8, 4) is 0 Å². The lowest BCUT2D eigenvalue weighted by Crippen LogP contribution is -2.25. The molecule has 0 fully saturated rings. The van der Waals surface area contributed by atoms with Gasteiger partial charge in [-0.1, -0.05) is 32.6 Å². The third-order valence-corrected chi connectivity index (χ3v) is 5.24. The largest absolute Gasteiger partial charge is 0.356 e. The van der Waals surface area contributed by atoms with Crippen molar-refractivity contribution in [3.63, 3.8) is 0 Å². The summed E-state index contributed by atoms with van der Waals surface area (Å²) in [4.78, 5) is 15.7. The van der Waals surface area contributed by atoms with Crippen molar-refractivity contribution in [2.45, 2.75) is 56.8 Å². The molecule has 0 aromatic carbocycles. The van der Waals surface area contributed by atoms with Crippen molar-refractivity contribution in [2.24, 2.45) is 0 Å². The van der Waals surface area contributed by atoms with Crippen LogP contribution in [0.15, 0.2) is 29.4 Å². The highest BCUT2D eigenvalue weighted by molar-refractivity contribution is 7.91. The molecule has 0 radical (unpaired) electrons. The van der Waals surface area contributed by atoms with Crippen LogP contribution < -0.4 is 5.32 Å². The maximum absolute atomic E-state index is 12.0. The average Bonchev–Trinajstić information content (AvgIpc) is 2.52. The summed E-state index contributed by atoms with van der Waals surface area (Å²) in [5.41, 5.74) is 0. The lowest BCUT2D eigenvalue weighted by atomic mass is 10.1. The molecule has 1 aromatic rings. The zero-order valence-electron chi connectivity index (χ0n) is 13.3. The first-order chi connectivity index (χ1) is 10.6. The number of nitrogens with zero attached hydrogens (tertiary/aromatic N) is 1. The molecular weight excluding hydrogens is 300 g/mol. The predicted molar refractivity (Wildman–Crippen MR) is 87.3 cm³/mol. The summed E-state index contributed by atoms with van der Waals surface area (Å²) in [6.07, 6.45) is 9.45. The Kier molecular flexibility index (Phi) is 8.74. The van der Waals surface area contributed by atoms with Gasteiger partial charge >= 0.3 is 0 Å². The maximum Gasteiger partial charge on any atom is 0.219 e. The summed E-state index contributed by atoms with van der Waals surface area (Å²) in [7, 11) is -3.28. The van der Waals surface area contributed by atoms with Crippen molar-refractivity contribution < 1.29 is 13.2 Å². The van der Waals surface area contributed by atoms with Crippen LogP contribution in [0.1, 0.15) is 51.9 Å². The number of unbranched alkanes of at least 4 members (excludes halogenated alkanes) is 4. The van der Waals surface area contributed by atoms with Gasteiger partial charge in [0.05, 0.1) is 10.6 Å². The predicted octanol–water partition coefficient (Wildman–Crippen LogP) is 2.72. The number of hydrogen-bond acceptors (Lipinski definition) is 4. The third kappa shape index (κ3) is 7.54. The molecule has 1 aromatic heterocycles. The molecular formula is C16H26N2O3S. The van der Waals surface area contributed by atoms with Gasteiger partial charge in [0.2, 0.25) is 5.91 Å². The van der Waals surface area contributed by atoms with Crippen LogP contribution >= 0.6 is 0 Å². The molecule has 0 aliphatic carbocycles. The molecule has 0 unspecified atom stereocenters. The number of nitrogens with one attached hydrogen (secondary N) is 1. The highest BCUT2D eigenvalue weighted by Crippen LogP contribution is 2.10. The van der Waals surface area contributed by atoms with Crippen molar-refractivity contribution in [1.29, 1.82) is 0 Å². The highest BCUT2D eigenvalue weighted by Gasteiger charge is 2.13. The minimum atomic E-state index is -3.28. The normalized spacial score (nSPS) is 11.3. The van der Waals surface area contributed by atoms with Gasteiger partial charge in [-0.15, -0.1) is 0 Å². The number of carbonyl (C=O) groups excluding carboxylic acids is 1. The second-order valence-corrected chi connectivity index (χ2v) is 7.48. The van der Waals surface area contributed by atoms with Crippen LogP contribution in [-0.4, -0.2) is 31.6 Å². The third-order valence-electron chi connectivity index (χ3n) is 3.43. The van der Waals surface area contributed by atoms with E-state index < -0.39 is 9.84 Å². The molecule has 1 N–H and O–H groups in total. The molecule has 6 heteroatoms. The standard InChI is InChI=1S/C16H26N2O3S/c1-2-3-4-5-6-8-16(19)18-11-7-14-22(20,21)15-9-12-17-13-10-15/h9-10,12-13H,2-8,11,14H2,1H3,(H,18,19). The number of hydrogen-bond donors (Lipinski definition) is 1. The number of amides is 1. The van der Waals surface area contributed by atoms with E-state index >= 15 is 0 Å². The van der Waals surface area contributed by atoms with Crippen molar-refractivity contribution in [3.05, 3.63) is 24.5 Å². The summed E-state index contributed by atoms with van der Waals surface area (Å²) in [6.45, 7) is 2.56. The van der Waals surface area contributed by atoms with Gasteiger partial charge in [-0.05, 0) is 25.0 Å². The molecule has 0 spiro atoms. The van der Waals surface area contributed by atoms with Crippen LogP contribution in [0.3, 0.4) is 0 Å². The highest BCUT2D eigenvalue weighted by atomic mass is 32.2. The number of sulfone groups is 1. The minimum Gasteiger partial charge on any atom is -0.356 e. The van der Waals surface area contributed by atoms with Crippen LogP contribution in [0.5, 0.6) is 0 Å². The van der Waals surface area contributed by atoms with E-state index in [1.165, 1.54) is 43.8 Å². The Morgan fingerprint density at radius 2 is 1.77 bits per heavy atom. The second kappa shape index (κ2) is 10.3. The molecule has 5 nitrogen and oxygen atoms in total. The van der Waals surface area contributed by atoms with Crippen molar-refractivity contribution in [1.82, 2.24) is 10.3 Å². The molecule has 1 amide bonds. The van der Waals surface area contributed by atoms with Gasteiger partial charge in [0.1, 0.15) is 0 Å². The summed E-state index contributed by atoms with van der Waals surface area (Å²) < 4.78 is 24.0. The van der Waals surface area contributed by atoms with Gasteiger partial charge in [-0.2, -0.15) is 0 Å². The second-order valence-electron chi connectivity index (χ2n) is 5.37. The number of pyridine rings is 1. The summed E-state index contributed by atoms with van der Waals surface area (Å²) in [6, 6.07) is 2.98. The topological polar surface area (TPSA) is 76.1 Å². The van der Waals surface area contributed by atoms with E-state index in [0.29, 0.717) is 19.4 Å². The Labute approximate surface area is 133 Å². The Morgan fingerprint density at radius 3 is 2.45 bits per heavy atom. The summed E-state index contributed by atoms with van der Waals surface area (Å²) in [5.74, 6) is 0.0474. The van der Waals surface area contributed by atoms with E-state index in [0.717, 1.165) is 12.8 Å². The van der Waals surface area contributed by atoms with Crippen molar-refractivity contribution in [2.75, 3.05) is 12.3 Å². The first kappa shape index (κ1) is 18.6. The van der Waals surface area contributed by atoms with E-state index in [2.05, 4.69) is 17.2 Å². The van der Waals surface area contributed by atoms with Crippen LogP contribution in [-0.2, 0) is 14.6 Å². The molecule has 1 rings (SSSR count). The molecule has 0 saturated carbocycles. The summed E-state index contributed by atoms with van der Waals surface area (Å²) in [5, 5.41) is 2.78. The monoisotopic (exact) mass is 326 g/mol. The molecule has 1 heterocycles. The molecule has 124 valence electrons. The molecule has 0 aliphatic heterocycles. The van der Waals surface area contributed by atoms with Crippen molar-refractivity contribution >= 4 is 15.7 Å². The van der Waals surface area contributed by atoms with E-state index in [9.17, 15) is 13.2 Å². The zero-order valence-corrected chi connectivity index (χ0v) is 14.1. The fourth-order valence-electron chi connectivity index (χ4n) is 2.13. The first-order valence-electron chi connectivity index (χ1n) is 7.95. The number of carbonyl (C=O) groups is 1. The maximum atomic E-state index is 12.0. The fourth-order valence-corrected chi connectivity index (χ4v) is 3.43. The van der Waals surface area contributed by atoms with Crippen LogP contribution in [0.25, 0.3) is 0 Å². The quantitative estimate of drug-likeness (QED) is 0.634. The molecule has 0 bridgehead atoms. The van der Waals surface area contributed by atoms with E-state index in [1.54, 1.807) is 0 Å².